The molecule has 0 spiro atoms. The predicted molar refractivity (Wildman–Crippen MR) is 40.2 cm³/mol. The third kappa shape index (κ3) is 2.47. The zero-order valence-corrected chi connectivity index (χ0v) is 6.09. The molecule has 0 aromatic rings. The molecule has 0 radical (unpaired) electrons. The van der Waals surface area contributed by atoms with Crippen LogP contribution in [0.25, 0.3) is 0 Å². The summed E-state index contributed by atoms with van der Waals surface area (Å²) in [6, 6.07) is 0. The van der Waals surface area contributed by atoms with Crippen LogP contribution in [0.2, 0.25) is 0 Å². The molecule has 0 aliphatic carbocycles. The van der Waals surface area contributed by atoms with Crippen molar-refractivity contribution in [1.82, 2.24) is 0 Å². The van der Waals surface area contributed by atoms with Gasteiger partial charge in [0, 0.05) is 5.92 Å². The topological polar surface area (TPSA) is 20.2 Å². The van der Waals surface area contributed by atoms with Crippen LogP contribution >= 0.6 is 0 Å². The van der Waals surface area contributed by atoms with Gasteiger partial charge in [-0.2, -0.15) is 0 Å². The summed E-state index contributed by atoms with van der Waals surface area (Å²) < 4.78 is 0. The molecule has 0 aromatic carbocycles. The van der Waals surface area contributed by atoms with Gasteiger partial charge in [0.05, 0.1) is 6.10 Å². The SMILES string of the molecule is C=C[C@@H](O)[C@@H](C)C(=C)C. The van der Waals surface area contributed by atoms with Crippen LogP contribution in [-0.4, -0.2) is 11.2 Å². The molecule has 0 amide bonds. The lowest BCUT2D eigenvalue weighted by molar-refractivity contribution is 0.180. The summed E-state index contributed by atoms with van der Waals surface area (Å²) in [5.41, 5.74) is 0.988. The zero-order valence-electron chi connectivity index (χ0n) is 6.09. The minimum Gasteiger partial charge on any atom is -0.388 e. The smallest absolute Gasteiger partial charge is 0.0780 e. The predicted octanol–water partition coefficient (Wildman–Crippen LogP) is 1.75. The summed E-state index contributed by atoms with van der Waals surface area (Å²) in [6.07, 6.45) is 1.08. The average Bonchev–Trinajstić information content (AvgIpc) is 1.84. The van der Waals surface area contributed by atoms with E-state index in [1.807, 2.05) is 13.8 Å². The molecule has 0 rings (SSSR count). The molecule has 0 heterocycles. The summed E-state index contributed by atoms with van der Waals surface area (Å²) >= 11 is 0. The van der Waals surface area contributed by atoms with Gasteiger partial charge in [-0.25, -0.2) is 0 Å². The third-order valence-corrected chi connectivity index (χ3v) is 1.53. The van der Waals surface area contributed by atoms with Crippen molar-refractivity contribution in [3.63, 3.8) is 0 Å². The Morgan fingerprint density at radius 1 is 1.67 bits per heavy atom. The van der Waals surface area contributed by atoms with E-state index in [2.05, 4.69) is 13.2 Å². The van der Waals surface area contributed by atoms with Crippen LogP contribution < -0.4 is 0 Å². The molecule has 0 saturated carbocycles. The van der Waals surface area contributed by atoms with E-state index in [4.69, 9.17) is 5.11 Å². The molecule has 0 aliphatic heterocycles. The molecule has 52 valence electrons. The van der Waals surface area contributed by atoms with Gasteiger partial charge in [-0.15, -0.1) is 6.58 Å². The van der Waals surface area contributed by atoms with Gasteiger partial charge < -0.3 is 5.11 Å². The first kappa shape index (κ1) is 8.44. The van der Waals surface area contributed by atoms with Gasteiger partial charge in [0.2, 0.25) is 0 Å². The lowest BCUT2D eigenvalue weighted by atomic mass is 9.98. The van der Waals surface area contributed by atoms with Gasteiger partial charge in [0.1, 0.15) is 0 Å². The summed E-state index contributed by atoms with van der Waals surface area (Å²) in [7, 11) is 0. The van der Waals surface area contributed by atoms with E-state index < -0.39 is 6.10 Å². The highest BCUT2D eigenvalue weighted by Gasteiger charge is 2.09. The van der Waals surface area contributed by atoms with Gasteiger partial charge in [0.15, 0.2) is 0 Å². The summed E-state index contributed by atoms with van der Waals surface area (Å²) in [5, 5.41) is 9.12. The van der Waals surface area contributed by atoms with Crippen molar-refractivity contribution in [3.05, 3.63) is 24.8 Å². The normalized spacial score (nSPS) is 16.3. The van der Waals surface area contributed by atoms with Gasteiger partial charge in [-0.3, -0.25) is 0 Å². The Hall–Kier alpha value is -0.560. The maximum atomic E-state index is 9.12. The van der Waals surface area contributed by atoms with Crippen molar-refractivity contribution in [3.8, 4) is 0 Å². The number of hydrogen-bond donors (Lipinski definition) is 1. The molecule has 1 nitrogen and oxygen atoms in total. The van der Waals surface area contributed by atoms with E-state index in [9.17, 15) is 0 Å². The molecular formula is C8H14O. The van der Waals surface area contributed by atoms with Crippen LogP contribution in [0, 0.1) is 5.92 Å². The summed E-state index contributed by atoms with van der Waals surface area (Å²) in [5.74, 6) is 0.127. The van der Waals surface area contributed by atoms with Crippen LogP contribution in [0.5, 0.6) is 0 Å². The molecule has 0 bridgehead atoms. The molecule has 0 unspecified atom stereocenters. The van der Waals surface area contributed by atoms with Crippen molar-refractivity contribution >= 4 is 0 Å². The number of aliphatic hydroxyl groups excluding tert-OH is 1. The minimum absolute atomic E-state index is 0.127. The molecule has 0 aromatic heterocycles. The first-order chi connectivity index (χ1) is 4.09. The fourth-order valence-electron chi connectivity index (χ4n) is 0.496. The van der Waals surface area contributed by atoms with E-state index in [-0.39, 0.29) is 5.92 Å². The molecular weight excluding hydrogens is 112 g/mol. The highest BCUT2D eigenvalue weighted by molar-refractivity contribution is 5.01. The first-order valence-corrected chi connectivity index (χ1v) is 3.05. The molecule has 0 saturated heterocycles. The quantitative estimate of drug-likeness (QED) is 0.571. The lowest BCUT2D eigenvalue weighted by Gasteiger charge is -2.13. The molecule has 0 fully saturated rings. The van der Waals surface area contributed by atoms with Crippen molar-refractivity contribution in [2.24, 2.45) is 5.92 Å². The standard InChI is InChI=1S/C8H14O/c1-5-8(9)7(4)6(2)3/h5,7-9H,1-2H2,3-4H3/t7-,8+/m0/s1. The van der Waals surface area contributed by atoms with Crippen molar-refractivity contribution in [1.29, 1.82) is 0 Å². The Morgan fingerprint density at radius 2 is 2.11 bits per heavy atom. The van der Waals surface area contributed by atoms with Crippen LogP contribution in [0.3, 0.4) is 0 Å². The number of hydrogen-bond acceptors (Lipinski definition) is 1. The van der Waals surface area contributed by atoms with Crippen molar-refractivity contribution < 1.29 is 5.11 Å². The van der Waals surface area contributed by atoms with Crippen molar-refractivity contribution in [2.45, 2.75) is 20.0 Å². The monoisotopic (exact) mass is 126 g/mol. The van der Waals surface area contributed by atoms with Crippen molar-refractivity contribution in [2.75, 3.05) is 0 Å². The molecule has 1 heteroatoms. The Bertz CT molecular complexity index is 116. The van der Waals surface area contributed by atoms with E-state index in [0.717, 1.165) is 5.57 Å². The van der Waals surface area contributed by atoms with E-state index in [0.29, 0.717) is 0 Å². The fraction of sp³-hybridized carbons (Fsp3) is 0.500. The summed E-state index contributed by atoms with van der Waals surface area (Å²) in [4.78, 5) is 0. The van der Waals surface area contributed by atoms with Crippen LogP contribution in [-0.2, 0) is 0 Å². The van der Waals surface area contributed by atoms with Gasteiger partial charge >= 0.3 is 0 Å². The Morgan fingerprint density at radius 3 is 2.22 bits per heavy atom. The second-order valence-corrected chi connectivity index (χ2v) is 2.36. The minimum atomic E-state index is -0.442. The van der Waals surface area contributed by atoms with Gasteiger partial charge in [0.25, 0.3) is 0 Å². The highest BCUT2D eigenvalue weighted by atomic mass is 16.3. The molecule has 9 heavy (non-hydrogen) atoms. The lowest BCUT2D eigenvalue weighted by Crippen LogP contribution is -2.14. The maximum absolute atomic E-state index is 9.12. The largest absolute Gasteiger partial charge is 0.388 e. The third-order valence-electron chi connectivity index (χ3n) is 1.53. The zero-order chi connectivity index (χ0) is 7.44. The number of aliphatic hydroxyl groups is 1. The molecule has 2 atom stereocenters. The Balaban J connectivity index is 3.86. The fourth-order valence-corrected chi connectivity index (χ4v) is 0.496. The van der Waals surface area contributed by atoms with E-state index >= 15 is 0 Å². The van der Waals surface area contributed by atoms with Crippen LogP contribution in [0.1, 0.15) is 13.8 Å². The van der Waals surface area contributed by atoms with Crippen LogP contribution in [0.15, 0.2) is 24.8 Å². The molecule has 0 aliphatic rings. The average molecular weight is 126 g/mol. The van der Waals surface area contributed by atoms with E-state index in [1.165, 1.54) is 6.08 Å². The Kier molecular flexibility index (Phi) is 3.25. The highest BCUT2D eigenvalue weighted by Crippen LogP contribution is 2.11. The first-order valence-electron chi connectivity index (χ1n) is 3.05. The maximum Gasteiger partial charge on any atom is 0.0780 e. The van der Waals surface area contributed by atoms with Gasteiger partial charge in [-0.05, 0) is 6.92 Å². The van der Waals surface area contributed by atoms with Gasteiger partial charge in [-0.1, -0.05) is 25.2 Å². The number of rotatable bonds is 3. The van der Waals surface area contributed by atoms with E-state index in [1.54, 1.807) is 0 Å². The Labute approximate surface area is 56.7 Å². The second kappa shape index (κ2) is 3.46. The summed E-state index contributed by atoms with van der Waals surface area (Å²) in [6.45, 7) is 11.0. The van der Waals surface area contributed by atoms with Crippen LogP contribution in [0.4, 0.5) is 0 Å². The molecule has 1 N–H and O–H groups in total. The second-order valence-electron chi connectivity index (χ2n) is 2.36.